The molecule has 0 aliphatic carbocycles. The highest BCUT2D eigenvalue weighted by molar-refractivity contribution is 8.15. The number of nitrogens with zero attached hydrogens (tertiary/aromatic N) is 2. The molecule has 2 aromatic rings. The van der Waals surface area contributed by atoms with Gasteiger partial charge in [-0.25, -0.2) is 0 Å². The normalized spacial score (nSPS) is 18.6. The molecule has 2 aromatic carbocycles. The van der Waals surface area contributed by atoms with Gasteiger partial charge in [0.15, 0.2) is 16.7 Å². The average molecular weight is 355 g/mol. The van der Waals surface area contributed by atoms with Crippen molar-refractivity contribution in [1.29, 1.82) is 0 Å². The fraction of sp³-hybridized carbons (Fsp3) is 0.167. The molecule has 1 saturated heterocycles. The lowest BCUT2D eigenvalue weighted by atomic mass is 10.1. The molecule has 0 spiro atoms. The summed E-state index contributed by atoms with van der Waals surface area (Å²) in [4.78, 5) is 12.1. The Hall–Kier alpha value is -2.80. The molecule has 0 radical (unpaired) electrons. The van der Waals surface area contributed by atoms with Crippen LogP contribution in [0.3, 0.4) is 0 Å². The second kappa shape index (κ2) is 7.85. The number of ether oxygens (including phenoxy) is 2. The third kappa shape index (κ3) is 4.00. The highest BCUT2D eigenvalue weighted by Crippen LogP contribution is 2.34. The molecule has 6 nitrogen and oxygen atoms in total. The van der Waals surface area contributed by atoms with Crippen molar-refractivity contribution in [2.24, 2.45) is 10.2 Å². The van der Waals surface area contributed by atoms with Crippen molar-refractivity contribution in [3.8, 4) is 11.5 Å². The van der Waals surface area contributed by atoms with Gasteiger partial charge in [0.1, 0.15) is 5.25 Å². The fourth-order valence-electron chi connectivity index (χ4n) is 2.34. The number of amides is 1. The van der Waals surface area contributed by atoms with Gasteiger partial charge in [-0.2, -0.15) is 5.10 Å². The quantitative estimate of drug-likeness (QED) is 0.661. The summed E-state index contributed by atoms with van der Waals surface area (Å²) in [5.74, 6) is 1.18. The highest BCUT2D eigenvalue weighted by Gasteiger charge is 2.31. The van der Waals surface area contributed by atoms with E-state index >= 15 is 0 Å². The smallest absolute Gasteiger partial charge is 0.244 e. The standard InChI is InChI=1S/C18H17N3O3S/c1-23-14-9-8-12(10-15(14)24-2)11-19-21-18-20-17(22)16(25-18)13-6-4-3-5-7-13/h3-11,16H,1-2H3,(H,20,21,22). The van der Waals surface area contributed by atoms with Gasteiger partial charge in [0.2, 0.25) is 5.91 Å². The minimum Gasteiger partial charge on any atom is -0.493 e. The van der Waals surface area contributed by atoms with Crippen LogP contribution in [0.5, 0.6) is 11.5 Å². The topological polar surface area (TPSA) is 72.3 Å². The maximum absolute atomic E-state index is 12.1. The number of amidine groups is 1. The van der Waals surface area contributed by atoms with Gasteiger partial charge in [-0.1, -0.05) is 42.1 Å². The Morgan fingerprint density at radius 2 is 1.84 bits per heavy atom. The molecule has 0 aromatic heterocycles. The largest absolute Gasteiger partial charge is 0.493 e. The van der Waals surface area contributed by atoms with Gasteiger partial charge in [0, 0.05) is 0 Å². The van der Waals surface area contributed by atoms with Gasteiger partial charge in [-0.05, 0) is 29.3 Å². The van der Waals surface area contributed by atoms with E-state index in [4.69, 9.17) is 9.47 Å². The zero-order valence-corrected chi connectivity index (χ0v) is 14.6. The van der Waals surface area contributed by atoms with Crippen molar-refractivity contribution in [3.05, 3.63) is 59.7 Å². The maximum atomic E-state index is 12.1. The Bertz CT molecular complexity index is 822. The van der Waals surface area contributed by atoms with Crippen molar-refractivity contribution in [1.82, 2.24) is 5.32 Å². The second-order valence-corrected chi connectivity index (χ2v) is 6.26. The molecule has 1 atom stereocenters. The van der Waals surface area contributed by atoms with E-state index in [1.807, 2.05) is 36.4 Å². The summed E-state index contributed by atoms with van der Waals surface area (Å²) >= 11 is 1.35. The monoisotopic (exact) mass is 355 g/mol. The molecule has 0 saturated carbocycles. The van der Waals surface area contributed by atoms with Crippen LogP contribution in [0.15, 0.2) is 58.7 Å². The van der Waals surface area contributed by atoms with E-state index in [1.54, 1.807) is 32.6 Å². The first-order valence-corrected chi connectivity index (χ1v) is 8.44. The predicted molar refractivity (Wildman–Crippen MR) is 99.5 cm³/mol. The van der Waals surface area contributed by atoms with Crippen LogP contribution in [0.4, 0.5) is 0 Å². The van der Waals surface area contributed by atoms with E-state index in [2.05, 4.69) is 15.5 Å². The van der Waals surface area contributed by atoms with E-state index in [0.29, 0.717) is 16.7 Å². The first kappa shape index (κ1) is 17.0. The molecule has 128 valence electrons. The van der Waals surface area contributed by atoms with Crippen LogP contribution < -0.4 is 14.8 Å². The SMILES string of the molecule is COc1ccc(C=N/N=C2\NC(=O)C(c3ccccc3)S2)cc1OC. The van der Waals surface area contributed by atoms with E-state index in [1.165, 1.54) is 11.8 Å². The van der Waals surface area contributed by atoms with Crippen LogP contribution in [0.25, 0.3) is 0 Å². The lowest BCUT2D eigenvalue weighted by Gasteiger charge is -2.07. The van der Waals surface area contributed by atoms with Crippen molar-refractivity contribution in [2.45, 2.75) is 5.25 Å². The highest BCUT2D eigenvalue weighted by atomic mass is 32.2. The number of hydrogen-bond acceptors (Lipinski definition) is 6. The fourth-order valence-corrected chi connectivity index (χ4v) is 3.28. The molecular weight excluding hydrogens is 338 g/mol. The van der Waals surface area contributed by atoms with Crippen molar-refractivity contribution in [2.75, 3.05) is 14.2 Å². The number of rotatable bonds is 5. The van der Waals surface area contributed by atoms with Gasteiger partial charge in [0.25, 0.3) is 0 Å². The van der Waals surface area contributed by atoms with Crippen molar-refractivity contribution in [3.63, 3.8) is 0 Å². The number of methoxy groups -OCH3 is 2. The van der Waals surface area contributed by atoms with Crippen LogP contribution in [0.1, 0.15) is 16.4 Å². The molecule has 1 amide bonds. The number of benzene rings is 2. The van der Waals surface area contributed by atoms with Gasteiger partial charge >= 0.3 is 0 Å². The molecule has 1 heterocycles. The first-order chi connectivity index (χ1) is 12.2. The third-order valence-electron chi connectivity index (χ3n) is 3.56. The zero-order chi connectivity index (χ0) is 17.6. The van der Waals surface area contributed by atoms with Crippen LogP contribution in [0, 0.1) is 0 Å². The molecule has 7 heteroatoms. The molecule has 3 rings (SSSR count). The van der Waals surface area contributed by atoms with Gasteiger partial charge < -0.3 is 14.8 Å². The van der Waals surface area contributed by atoms with Crippen LogP contribution >= 0.6 is 11.8 Å². The number of thioether (sulfide) groups is 1. The average Bonchev–Trinajstić information content (AvgIpc) is 3.03. The summed E-state index contributed by atoms with van der Waals surface area (Å²) in [5.41, 5.74) is 1.76. The minimum absolute atomic E-state index is 0.0868. The summed E-state index contributed by atoms with van der Waals surface area (Å²) in [6.07, 6.45) is 1.59. The number of carbonyl (C=O) groups is 1. The van der Waals surface area contributed by atoms with Crippen LogP contribution in [-0.2, 0) is 4.79 Å². The van der Waals surface area contributed by atoms with E-state index < -0.39 is 0 Å². The molecule has 0 bridgehead atoms. The van der Waals surface area contributed by atoms with Gasteiger partial charge in [0.05, 0.1) is 20.4 Å². The van der Waals surface area contributed by atoms with E-state index in [-0.39, 0.29) is 11.2 Å². The summed E-state index contributed by atoms with van der Waals surface area (Å²) in [6.45, 7) is 0. The first-order valence-electron chi connectivity index (χ1n) is 7.57. The molecule has 1 unspecified atom stereocenters. The van der Waals surface area contributed by atoms with Crippen molar-refractivity contribution >= 4 is 29.1 Å². The van der Waals surface area contributed by atoms with Gasteiger partial charge in [-0.3, -0.25) is 4.79 Å². The Balaban J connectivity index is 1.70. The molecule has 1 N–H and O–H groups in total. The number of hydrogen-bond donors (Lipinski definition) is 1. The summed E-state index contributed by atoms with van der Waals surface area (Å²) < 4.78 is 10.4. The molecule has 1 aliphatic rings. The molecule has 25 heavy (non-hydrogen) atoms. The zero-order valence-electron chi connectivity index (χ0n) is 13.8. The van der Waals surface area contributed by atoms with Crippen LogP contribution in [0.2, 0.25) is 0 Å². The van der Waals surface area contributed by atoms with E-state index in [0.717, 1.165) is 11.1 Å². The summed E-state index contributed by atoms with van der Waals surface area (Å²) in [5, 5.41) is 11.1. The lowest BCUT2D eigenvalue weighted by molar-refractivity contribution is -0.118. The van der Waals surface area contributed by atoms with E-state index in [9.17, 15) is 4.79 Å². The lowest BCUT2D eigenvalue weighted by Crippen LogP contribution is -2.21. The van der Waals surface area contributed by atoms with Crippen LogP contribution in [-0.4, -0.2) is 31.5 Å². The number of nitrogens with one attached hydrogen (secondary N) is 1. The Morgan fingerprint density at radius 1 is 1.08 bits per heavy atom. The maximum Gasteiger partial charge on any atom is 0.244 e. The Kier molecular flexibility index (Phi) is 5.35. The summed E-state index contributed by atoms with van der Waals surface area (Å²) in [6, 6.07) is 15.0. The molecule has 1 aliphatic heterocycles. The van der Waals surface area contributed by atoms with Crippen molar-refractivity contribution < 1.29 is 14.3 Å². The number of carbonyl (C=O) groups excluding carboxylic acids is 1. The Labute approximate surface area is 149 Å². The predicted octanol–water partition coefficient (Wildman–Crippen LogP) is 3.00. The molecular formula is C18H17N3O3S. The Morgan fingerprint density at radius 3 is 2.56 bits per heavy atom. The second-order valence-electron chi connectivity index (χ2n) is 5.16. The molecule has 1 fully saturated rings. The minimum atomic E-state index is -0.295. The third-order valence-corrected chi connectivity index (χ3v) is 4.69. The van der Waals surface area contributed by atoms with Gasteiger partial charge in [-0.15, -0.1) is 5.10 Å². The summed E-state index contributed by atoms with van der Waals surface area (Å²) in [7, 11) is 3.16.